The van der Waals surface area contributed by atoms with Gasteiger partial charge in [-0.1, -0.05) is 11.6 Å². The summed E-state index contributed by atoms with van der Waals surface area (Å²) < 4.78 is 4.82. The number of rotatable bonds is 7. The van der Waals surface area contributed by atoms with Crippen molar-refractivity contribution in [1.82, 2.24) is 10.3 Å². The van der Waals surface area contributed by atoms with E-state index in [0.29, 0.717) is 42.8 Å². The van der Waals surface area contributed by atoms with Gasteiger partial charge in [0.1, 0.15) is 5.15 Å². The van der Waals surface area contributed by atoms with Gasteiger partial charge in [0.15, 0.2) is 5.82 Å². The molecule has 0 aliphatic rings. The van der Waals surface area contributed by atoms with E-state index in [0.717, 1.165) is 0 Å². The molecule has 0 spiro atoms. The second kappa shape index (κ2) is 7.73. The van der Waals surface area contributed by atoms with Crippen molar-refractivity contribution >= 4 is 29.0 Å². The predicted octanol–water partition coefficient (Wildman–Crippen LogP) is 0.882. The maximum absolute atomic E-state index is 11.4. The molecule has 4 N–H and O–H groups in total. The highest BCUT2D eigenvalue weighted by atomic mass is 35.5. The summed E-state index contributed by atoms with van der Waals surface area (Å²) >= 11 is 5.74. The van der Waals surface area contributed by atoms with E-state index in [1.54, 1.807) is 19.2 Å². The van der Waals surface area contributed by atoms with Crippen molar-refractivity contribution in [3.8, 4) is 0 Å². The van der Waals surface area contributed by atoms with Gasteiger partial charge in [-0.05, 0) is 12.1 Å². The predicted molar refractivity (Wildman–Crippen MR) is 71.7 cm³/mol. The number of pyridine rings is 1. The van der Waals surface area contributed by atoms with Crippen LogP contribution in [0.1, 0.15) is 6.42 Å². The smallest absolute Gasteiger partial charge is 0.221 e. The van der Waals surface area contributed by atoms with E-state index in [1.165, 1.54) is 0 Å². The zero-order valence-electron chi connectivity index (χ0n) is 10.2. The lowest BCUT2D eigenvalue weighted by molar-refractivity contribution is -0.121. The summed E-state index contributed by atoms with van der Waals surface area (Å²) in [7, 11) is 1.58. The molecule has 1 aromatic heterocycles. The highest BCUT2D eigenvalue weighted by Crippen LogP contribution is 2.17. The molecule has 1 rings (SSSR count). The van der Waals surface area contributed by atoms with E-state index in [-0.39, 0.29) is 5.91 Å². The largest absolute Gasteiger partial charge is 0.396 e. The summed E-state index contributed by atoms with van der Waals surface area (Å²) in [4.78, 5) is 15.4. The fraction of sp³-hybridized carbons (Fsp3) is 0.455. The maximum Gasteiger partial charge on any atom is 0.221 e. The molecule has 0 unspecified atom stereocenters. The molecule has 0 saturated carbocycles. The Labute approximate surface area is 111 Å². The van der Waals surface area contributed by atoms with Crippen LogP contribution in [0.2, 0.25) is 5.15 Å². The highest BCUT2D eigenvalue weighted by molar-refractivity contribution is 6.29. The first-order chi connectivity index (χ1) is 8.63. The molecular weight excluding hydrogens is 256 g/mol. The van der Waals surface area contributed by atoms with Gasteiger partial charge in [0.2, 0.25) is 5.91 Å². The lowest BCUT2D eigenvalue weighted by Crippen LogP contribution is -2.28. The molecule has 0 saturated heterocycles. The van der Waals surface area contributed by atoms with Gasteiger partial charge in [0.25, 0.3) is 0 Å². The number of nitrogen functional groups attached to an aromatic ring is 1. The van der Waals surface area contributed by atoms with Crippen molar-refractivity contribution in [2.24, 2.45) is 0 Å². The minimum Gasteiger partial charge on any atom is -0.396 e. The van der Waals surface area contributed by atoms with Crippen LogP contribution in [-0.4, -0.2) is 37.7 Å². The van der Waals surface area contributed by atoms with Gasteiger partial charge >= 0.3 is 0 Å². The number of halogens is 1. The van der Waals surface area contributed by atoms with Gasteiger partial charge in [0, 0.05) is 26.6 Å². The molecule has 1 amide bonds. The van der Waals surface area contributed by atoms with E-state index in [9.17, 15) is 4.79 Å². The minimum atomic E-state index is -0.0554. The Hall–Kier alpha value is -1.53. The zero-order valence-corrected chi connectivity index (χ0v) is 11.0. The normalized spacial score (nSPS) is 10.1. The Kier molecular flexibility index (Phi) is 6.24. The highest BCUT2D eigenvalue weighted by Gasteiger charge is 2.03. The number of amides is 1. The first kappa shape index (κ1) is 14.5. The van der Waals surface area contributed by atoms with Crippen LogP contribution in [0.15, 0.2) is 12.1 Å². The Morgan fingerprint density at radius 2 is 2.28 bits per heavy atom. The molecule has 6 nitrogen and oxygen atoms in total. The molecule has 0 atom stereocenters. The van der Waals surface area contributed by atoms with Crippen LogP contribution in [0.5, 0.6) is 0 Å². The topological polar surface area (TPSA) is 89.3 Å². The zero-order chi connectivity index (χ0) is 13.4. The van der Waals surface area contributed by atoms with Gasteiger partial charge in [-0.15, -0.1) is 0 Å². The van der Waals surface area contributed by atoms with Crippen LogP contribution >= 0.6 is 11.6 Å². The summed E-state index contributed by atoms with van der Waals surface area (Å²) in [6.45, 7) is 1.45. The molecule has 0 aromatic carbocycles. The first-order valence-corrected chi connectivity index (χ1v) is 5.93. The maximum atomic E-state index is 11.4. The third-order valence-corrected chi connectivity index (χ3v) is 2.38. The van der Waals surface area contributed by atoms with E-state index >= 15 is 0 Å². The van der Waals surface area contributed by atoms with Crippen LogP contribution in [0.25, 0.3) is 0 Å². The Morgan fingerprint density at radius 1 is 1.50 bits per heavy atom. The van der Waals surface area contributed by atoms with Crippen molar-refractivity contribution in [3.63, 3.8) is 0 Å². The van der Waals surface area contributed by atoms with Crippen LogP contribution in [0.4, 0.5) is 11.5 Å². The molecule has 0 bridgehead atoms. The Balaban J connectivity index is 2.28. The number of carbonyl (C=O) groups is 1. The first-order valence-electron chi connectivity index (χ1n) is 5.55. The van der Waals surface area contributed by atoms with Gasteiger partial charge < -0.3 is 21.1 Å². The van der Waals surface area contributed by atoms with Crippen LogP contribution < -0.4 is 16.4 Å². The summed E-state index contributed by atoms with van der Waals surface area (Å²) in [5.74, 6) is 0.437. The van der Waals surface area contributed by atoms with Crippen molar-refractivity contribution in [3.05, 3.63) is 17.3 Å². The van der Waals surface area contributed by atoms with Crippen LogP contribution in [-0.2, 0) is 9.53 Å². The number of hydrogen-bond donors (Lipinski definition) is 3. The average Bonchev–Trinajstić information content (AvgIpc) is 2.34. The van der Waals surface area contributed by atoms with Crippen molar-refractivity contribution in [2.75, 3.05) is 37.9 Å². The minimum absolute atomic E-state index is 0.0554. The number of nitrogens with zero attached hydrogens (tertiary/aromatic N) is 1. The molecule has 18 heavy (non-hydrogen) atoms. The molecule has 1 heterocycles. The van der Waals surface area contributed by atoms with Gasteiger partial charge in [-0.2, -0.15) is 0 Å². The molecule has 1 aromatic rings. The third-order valence-electron chi connectivity index (χ3n) is 2.17. The quantitative estimate of drug-likeness (QED) is 0.506. The Bertz CT molecular complexity index is 401. The van der Waals surface area contributed by atoms with Crippen LogP contribution in [0, 0.1) is 0 Å². The summed E-state index contributed by atoms with van der Waals surface area (Å²) in [5, 5.41) is 6.03. The molecule has 0 aliphatic heterocycles. The molecule has 100 valence electrons. The fourth-order valence-electron chi connectivity index (χ4n) is 1.26. The molecular formula is C11H17ClN4O2. The molecule has 7 heteroatoms. The van der Waals surface area contributed by atoms with Crippen molar-refractivity contribution in [1.29, 1.82) is 0 Å². The standard InChI is InChI=1S/C11H17ClN4O2/c1-18-7-6-14-10(17)4-5-15-11-8(13)2-3-9(12)16-11/h2-3H,4-7,13H2,1H3,(H,14,17)(H,15,16). The van der Waals surface area contributed by atoms with E-state index < -0.39 is 0 Å². The average molecular weight is 273 g/mol. The number of carbonyl (C=O) groups excluding carboxylic acids is 1. The number of anilines is 2. The SMILES string of the molecule is COCCNC(=O)CCNc1nc(Cl)ccc1N. The lowest BCUT2D eigenvalue weighted by Gasteiger charge is -2.08. The molecule has 0 aliphatic carbocycles. The summed E-state index contributed by atoms with van der Waals surface area (Å²) in [5.41, 5.74) is 6.20. The number of aromatic nitrogens is 1. The van der Waals surface area contributed by atoms with Crippen molar-refractivity contribution in [2.45, 2.75) is 6.42 Å². The number of hydrogen-bond acceptors (Lipinski definition) is 5. The summed E-state index contributed by atoms with van der Waals surface area (Å²) in [6, 6.07) is 3.27. The third kappa shape index (κ3) is 5.20. The van der Waals surface area contributed by atoms with Gasteiger partial charge in [0.05, 0.1) is 12.3 Å². The Morgan fingerprint density at radius 3 is 3.00 bits per heavy atom. The second-order valence-corrected chi connectivity index (χ2v) is 3.98. The number of nitrogens with one attached hydrogen (secondary N) is 2. The van der Waals surface area contributed by atoms with Gasteiger partial charge in [-0.3, -0.25) is 4.79 Å². The van der Waals surface area contributed by atoms with E-state index in [2.05, 4.69) is 15.6 Å². The van der Waals surface area contributed by atoms with E-state index in [4.69, 9.17) is 22.1 Å². The monoisotopic (exact) mass is 272 g/mol. The van der Waals surface area contributed by atoms with Crippen molar-refractivity contribution < 1.29 is 9.53 Å². The van der Waals surface area contributed by atoms with E-state index in [1.807, 2.05) is 0 Å². The molecule has 0 radical (unpaired) electrons. The fourth-order valence-corrected chi connectivity index (χ4v) is 1.41. The molecule has 0 fully saturated rings. The summed E-state index contributed by atoms with van der Waals surface area (Å²) in [6.07, 6.45) is 0.331. The lowest BCUT2D eigenvalue weighted by atomic mass is 10.3. The van der Waals surface area contributed by atoms with Crippen LogP contribution in [0.3, 0.4) is 0 Å². The van der Waals surface area contributed by atoms with Gasteiger partial charge in [-0.25, -0.2) is 4.98 Å². The number of nitrogens with two attached hydrogens (primary N) is 1. The second-order valence-electron chi connectivity index (χ2n) is 3.59. The number of ether oxygens (including phenoxy) is 1. The number of methoxy groups -OCH3 is 1.